The van der Waals surface area contributed by atoms with E-state index in [2.05, 4.69) is 6.07 Å². The Morgan fingerprint density at radius 1 is 1.10 bits per heavy atom. The lowest BCUT2D eigenvalue weighted by Gasteiger charge is -2.32. The van der Waals surface area contributed by atoms with Crippen LogP contribution in [0.5, 0.6) is 5.75 Å². The molecule has 4 rings (SSSR count). The molecule has 5 nitrogen and oxygen atoms in total. The van der Waals surface area contributed by atoms with Crippen molar-refractivity contribution < 1.29 is 19.7 Å². The molecule has 3 atom stereocenters. The molecule has 2 aromatic carbocycles. The summed E-state index contributed by atoms with van der Waals surface area (Å²) in [5.74, 6) is 0.896. The molecule has 1 aliphatic heterocycles. The molecule has 2 aliphatic rings. The van der Waals surface area contributed by atoms with Gasteiger partial charge in [0.1, 0.15) is 5.75 Å². The molecule has 0 aromatic heterocycles. The number of nitrogens with zero attached hydrogens (tertiary/aromatic N) is 1. The van der Waals surface area contributed by atoms with Crippen LogP contribution in [0.2, 0.25) is 0 Å². The molecule has 0 radical (unpaired) electrons. The quantitative estimate of drug-likeness (QED) is 0.705. The zero-order valence-electron chi connectivity index (χ0n) is 18.5. The Kier molecular flexibility index (Phi) is 8.48. The SMILES string of the molecule is CC.N#Cc1ccc(C2CC(O)CC(CO)O2)cc1Cc1ccc(OC2CCC2)cc1. The van der Waals surface area contributed by atoms with Crippen LogP contribution in [-0.4, -0.2) is 35.1 Å². The number of benzene rings is 2. The highest BCUT2D eigenvalue weighted by Gasteiger charge is 2.29. The number of aliphatic hydroxyl groups excluding tert-OH is 2. The second-order valence-electron chi connectivity index (χ2n) is 8.07. The highest BCUT2D eigenvalue weighted by atomic mass is 16.5. The maximum absolute atomic E-state index is 10.1. The third-order valence-electron chi connectivity index (χ3n) is 5.88. The number of aliphatic hydroxyl groups is 2. The average Bonchev–Trinajstić information content (AvgIpc) is 2.78. The molecule has 31 heavy (non-hydrogen) atoms. The Labute approximate surface area is 185 Å². The van der Waals surface area contributed by atoms with Crippen LogP contribution in [0.15, 0.2) is 42.5 Å². The summed E-state index contributed by atoms with van der Waals surface area (Å²) >= 11 is 0. The third-order valence-corrected chi connectivity index (χ3v) is 5.88. The van der Waals surface area contributed by atoms with E-state index < -0.39 is 6.10 Å². The van der Waals surface area contributed by atoms with Gasteiger partial charge in [0.15, 0.2) is 0 Å². The molecule has 5 heteroatoms. The Morgan fingerprint density at radius 3 is 2.45 bits per heavy atom. The molecular formula is C26H33NO4. The maximum Gasteiger partial charge on any atom is 0.119 e. The lowest BCUT2D eigenvalue weighted by molar-refractivity contribution is -0.113. The van der Waals surface area contributed by atoms with E-state index >= 15 is 0 Å². The highest BCUT2D eigenvalue weighted by molar-refractivity contribution is 5.44. The minimum absolute atomic E-state index is 0.105. The molecule has 0 bridgehead atoms. The Balaban J connectivity index is 0.00000132. The summed E-state index contributed by atoms with van der Waals surface area (Å²) in [6.45, 7) is 3.89. The Hall–Kier alpha value is -2.39. The first-order chi connectivity index (χ1) is 15.1. The number of rotatable bonds is 6. The van der Waals surface area contributed by atoms with E-state index in [9.17, 15) is 15.5 Å². The summed E-state index contributed by atoms with van der Waals surface area (Å²) in [6.07, 6.45) is 4.33. The summed E-state index contributed by atoms with van der Waals surface area (Å²) < 4.78 is 11.8. The van der Waals surface area contributed by atoms with E-state index in [1.807, 2.05) is 56.3 Å². The maximum atomic E-state index is 10.1. The number of hydrogen-bond acceptors (Lipinski definition) is 5. The lowest BCUT2D eigenvalue weighted by Crippen LogP contribution is -2.33. The fourth-order valence-electron chi connectivity index (χ4n) is 3.98. The molecule has 1 aliphatic carbocycles. The van der Waals surface area contributed by atoms with Gasteiger partial charge in [-0.25, -0.2) is 0 Å². The van der Waals surface area contributed by atoms with Gasteiger partial charge in [-0.05, 0) is 60.6 Å². The summed E-state index contributed by atoms with van der Waals surface area (Å²) in [6, 6.07) is 16.1. The average molecular weight is 424 g/mol. The van der Waals surface area contributed by atoms with Crippen LogP contribution in [0.1, 0.15) is 74.3 Å². The smallest absolute Gasteiger partial charge is 0.119 e. The Bertz CT molecular complexity index is 870. The van der Waals surface area contributed by atoms with Crippen molar-refractivity contribution in [2.75, 3.05) is 6.61 Å². The number of hydrogen-bond donors (Lipinski definition) is 2. The van der Waals surface area contributed by atoms with Crippen molar-refractivity contribution in [2.24, 2.45) is 0 Å². The van der Waals surface area contributed by atoms with Gasteiger partial charge in [0, 0.05) is 12.8 Å². The normalized spacial score (nSPS) is 23.1. The first-order valence-corrected chi connectivity index (χ1v) is 11.4. The van der Waals surface area contributed by atoms with Gasteiger partial charge in [0.25, 0.3) is 0 Å². The van der Waals surface area contributed by atoms with E-state index in [-0.39, 0.29) is 18.8 Å². The Morgan fingerprint density at radius 2 is 1.84 bits per heavy atom. The fraction of sp³-hybridized carbons (Fsp3) is 0.500. The first-order valence-electron chi connectivity index (χ1n) is 11.4. The first kappa shape index (κ1) is 23.3. The van der Waals surface area contributed by atoms with Crippen LogP contribution in [0, 0.1) is 11.3 Å². The molecule has 0 amide bonds. The predicted molar refractivity (Wildman–Crippen MR) is 120 cm³/mol. The standard InChI is InChI=1S/C24H27NO4.C2H6/c25-14-18-7-6-17(24-13-20(27)12-23(15-26)29-24)11-19(18)10-16-4-8-22(9-5-16)28-21-2-1-3-21;1-2/h4-9,11,20-21,23-24,26-27H,1-3,10,12-13,15H2;1-2H3. The minimum atomic E-state index is -0.492. The molecule has 2 aromatic rings. The summed E-state index contributed by atoms with van der Waals surface area (Å²) in [7, 11) is 0. The van der Waals surface area contributed by atoms with Crippen molar-refractivity contribution in [2.45, 2.75) is 76.8 Å². The molecule has 1 saturated heterocycles. The van der Waals surface area contributed by atoms with Crippen LogP contribution in [0.3, 0.4) is 0 Å². The summed E-state index contributed by atoms with van der Waals surface area (Å²) in [4.78, 5) is 0. The fourth-order valence-corrected chi connectivity index (χ4v) is 3.98. The van der Waals surface area contributed by atoms with Gasteiger partial charge in [-0.15, -0.1) is 0 Å². The summed E-state index contributed by atoms with van der Waals surface area (Å²) in [5.41, 5.74) is 3.61. The van der Waals surface area contributed by atoms with Gasteiger partial charge in [0.05, 0.1) is 42.7 Å². The predicted octanol–water partition coefficient (Wildman–Crippen LogP) is 4.68. The van der Waals surface area contributed by atoms with Crippen molar-refractivity contribution in [1.29, 1.82) is 5.26 Å². The van der Waals surface area contributed by atoms with Gasteiger partial charge < -0.3 is 19.7 Å². The zero-order valence-corrected chi connectivity index (χ0v) is 18.5. The highest BCUT2D eigenvalue weighted by Crippen LogP contribution is 2.33. The van der Waals surface area contributed by atoms with Crippen molar-refractivity contribution in [3.05, 3.63) is 64.7 Å². The van der Waals surface area contributed by atoms with Gasteiger partial charge in [-0.2, -0.15) is 5.26 Å². The van der Waals surface area contributed by atoms with E-state index in [1.54, 1.807) is 0 Å². The van der Waals surface area contributed by atoms with Crippen LogP contribution >= 0.6 is 0 Å². The van der Waals surface area contributed by atoms with Gasteiger partial charge in [0.2, 0.25) is 0 Å². The molecule has 1 heterocycles. The van der Waals surface area contributed by atoms with E-state index in [0.717, 1.165) is 35.3 Å². The van der Waals surface area contributed by atoms with Crippen molar-refractivity contribution >= 4 is 0 Å². The largest absolute Gasteiger partial charge is 0.490 e. The lowest BCUT2D eigenvalue weighted by atomic mass is 9.92. The molecule has 0 spiro atoms. The molecule has 2 fully saturated rings. The van der Waals surface area contributed by atoms with Gasteiger partial charge in [-0.1, -0.05) is 38.1 Å². The monoisotopic (exact) mass is 423 g/mol. The van der Waals surface area contributed by atoms with Crippen molar-refractivity contribution in [3.63, 3.8) is 0 Å². The topological polar surface area (TPSA) is 82.7 Å². The minimum Gasteiger partial charge on any atom is -0.490 e. The second kappa shape index (κ2) is 11.3. The molecule has 166 valence electrons. The van der Waals surface area contributed by atoms with E-state index in [4.69, 9.17) is 9.47 Å². The third kappa shape index (κ3) is 6.07. The number of nitriles is 1. The van der Waals surface area contributed by atoms with Crippen LogP contribution in [0.25, 0.3) is 0 Å². The second-order valence-corrected chi connectivity index (χ2v) is 8.07. The van der Waals surface area contributed by atoms with Gasteiger partial charge in [-0.3, -0.25) is 0 Å². The number of ether oxygens (including phenoxy) is 2. The molecule has 3 unspecified atom stereocenters. The summed E-state index contributed by atoms with van der Waals surface area (Å²) in [5, 5.41) is 29.0. The zero-order chi connectivity index (χ0) is 22.2. The van der Waals surface area contributed by atoms with Crippen LogP contribution < -0.4 is 4.74 Å². The van der Waals surface area contributed by atoms with E-state index in [1.165, 1.54) is 6.42 Å². The van der Waals surface area contributed by atoms with E-state index in [0.29, 0.717) is 30.9 Å². The molecule has 1 saturated carbocycles. The molecule has 2 N–H and O–H groups in total. The van der Waals surface area contributed by atoms with Crippen molar-refractivity contribution in [1.82, 2.24) is 0 Å². The van der Waals surface area contributed by atoms with Crippen LogP contribution in [0.4, 0.5) is 0 Å². The van der Waals surface area contributed by atoms with Gasteiger partial charge >= 0.3 is 0 Å². The molecular weight excluding hydrogens is 390 g/mol. The van der Waals surface area contributed by atoms with Crippen molar-refractivity contribution in [3.8, 4) is 11.8 Å². The van der Waals surface area contributed by atoms with Crippen LogP contribution in [-0.2, 0) is 11.2 Å².